The number of morpholine rings is 1. The lowest BCUT2D eigenvalue weighted by Gasteiger charge is -2.47. The van der Waals surface area contributed by atoms with Gasteiger partial charge in [0, 0.05) is 31.6 Å². The van der Waals surface area contributed by atoms with Crippen LogP contribution in [0.1, 0.15) is 73.6 Å². The molecule has 0 radical (unpaired) electrons. The zero-order chi connectivity index (χ0) is 28.6. The fraction of sp³-hybridized carbons (Fsp3) is 0.645. The third-order valence-electron chi connectivity index (χ3n) is 7.52. The van der Waals surface area contributed by atoms with Crippen LogP contribution >= 0.6 is 11.3 Å². The van der Waals surface area contributed by atoms with E-state index in [-0.39, 0.29) is 23.9 Å². The van der Waals surface area contributed by atoms with Crippen molar-refractivity contribution >= 4 is 23.2 Å². The molecule has 1 spiro atoms. The molecule has 0 unspecified atom stereocenters. The lowest BCUT2D eigenvalue weighted by Crippen LogP contribution is -2.58. The number of aryl methyl sites for hydroxylation is 1. The van der Waals surface area contributed by atoms with Crippen LogP contribution in [0.4, 0.5) is 0 Å². The van der Waals surface area contributed by atoms with Crippen LogP contribution in [-0.4, -0.2) is 90.4 Å². The maximum absolute atomic E-state index is 13.0. The van der Waals surface area contributed by atoms with E-state index in [4.69, 9.17) is 14.2 Å². The van der Waals surface area contributed by atoms with Crippen molar-refractivity contribution in [3.63, 3.8) is 0 Å². The summed E-state index contributed by atoms with van der Waals surface area (Å²) >= 11 is 1.56. The van der Waals surface area contributed by atoms with E-state index in [0.717, 1.165) is 56.7 Å². The summed E-state index contributed by atoms with van der Waals surface area (Å²) in [5, 5.41) is 2.90. The number of amides is 1. The maximum atomic E-state index is 13.0. The molecule has 2 fully saturated rings. The fourth-order valence-corrected chi connectivity index (χ4v) is 5.96. The molecule has 1 aromatic heterocycles. The minimum absolute atomic E-state index is 0.0388. The third kappa shape index (κ3) is 9.09. The molecule has 1 amide bonds. The number of esters is 1. The highest BCUT2D eigenvalue weighted by molar-refractivity contribution is 7.09. The number of hydrogen-bond donors (Lipinski definition) is 0. The summed E-state index contributed by atoms with van der Waals surface area (Å²) in [6.45, 7) is 13.5. The van der Waals surface area contributed by atoms with Gasteiger partial charge in [-0.3, -0.25) is 9.59 Å². The fourth-order valence-electron chi connectivity index (χ4n) is 5.24. The molecule has 0 atom stereocenters. The molecular formula is C31H45N3O5S. The van der Waals surface area contributed by atoms with Crippen LogP contribution in [0.15, 0.2) is 29.6 Å². The minimum atomic E-state index is -0.455. The van der Waals surface area contributed by atoms with Gasteiger partial charge in [-0.2, -0.15) is 0 Å². The van der Waals surface area contributed by atoms with Crippen molar-refractivity contribution in [2.75, 3.05) is 52.5 Å². The number of thiazole rings is 1. The quantitative estimate of drug-likeness (QED) is 0.289. The number of carbonyl (C=O) groups is 2. The molecule has 0 aliphatic carbocycles. The smallest absolute Gasteiger partial charge is 0.308 e. The van der Waals surface area contributed by atoms with Crippen LogP contribution in [0, 0.1) is 0 Å². The van der Waals surface area contributed by atoms with Crippen molar-refractivity contribution in [2.24, 2.45) is 0 Å². The molecular weight excluding hydrogens is 526 g/mol. The Balaban J connectivity index is 1.13. The van der Waals surface area contributed by atoms with Crippen molar-refractivity contribution in [1.29, 1.82) is 0 Å². The Labute approximate surface area is 243 Å². The van der Waals surface area contributed by atoms with Gasteiger partial charge in [-0.05, 0) is 64.0 Å². The molecule has 2 aliphatic rings. The Morgan fingerprint density at radius 1 is 1.05 bits per heavy atom. The van der Waals surface area contributed by atoms with Crippen molar-refractivity contribution in [3.8, 4) is 0 Å². The van der Waals surface area contributed by atoms with E-state index in [1.165, 1.54) is 11.1 Å². The Kier molecular flexibility index (Phi) is 10.7. The number of hydrogen-bond acceptors (Lipinski definition) is 8. The highest BCUT2D eigenvalue weighted by atomic mass is 32.1. The zero-order valence-electron chi connectivity index (χ0n) is 24.6. The summed E-state index contributed by atoms with van der Waals surface area (Å²) in [5.74, 6) is -0.182. The van der Waals surface area contributed by atoms with Crippen LogP contribution in [0.5, 0.6) is 0 Å². The topological polar surface area (TPSA) is 81.2 Å². The van der Waals surface area contributed by atoms with E-state index in [1.54, 1.807) is 11.3 Å². The van der Waals surface area contributed by atoms with Gasteiger partial charge < -0.3 is 24.0 Å². The van der Waals surface area contributed by atoms with Crippen LogP contribution in [0.25, 0.3) is 0 Å². The second-order valence-corrected chi connectivity index (χ2v) is 12.8. The van der Waals surface area contributed by atoms with Gasteiger partial charge in [-0.1, -0.05) is 31.2 Å². The van der Waals surface area contributed by atoms with Gasteiger partial charge in [0.05, 0.1) is 43.4 Å². The molecule has 3 heterocycles. The number of piperidine rings is 1. The second-order valence-electron chi connectivity index (χ2n) is 11.8. The molecule has 8 nitrogen and oxygen atoms in total. The van der Waals surface area contributed by atoms with Crippen LogP contribution in [0.2, 0.25) is 0 Å². The molecule has 220 valence electrons. The molecule has 2 aliphatic heterocycles. The minimum Gasteiger partial charge on any atom is -0.460 e. The van der Waals surface area contributed by atoms with Gasteiger partial charge in [0.1, 0.15) is 11.3 Å². The van der Waals surface area contributed by atoms with Crippen LogP contribution in [0.3, 0.4) is 0 Å². The molecule has 4 rings (SSSR count). The van der Waals surface area contributed by atoms with Crippen LogP contribution in [-0.2, 0) is 38.3 Å². The van der Waals surface area contributed by atoms with Gasteiger partial charge in [0.25, 0.3) is 5.91 Å². The molecule has 40 heavy (non-hydrogen) atoms. The lowest BCUT2D eigenvalue weighted by molar-refractivity contribution is -0.156. The van der Waals surface area contributed by atoms with Gasteiger partial charge in [-0.15, -0.1) is 11.3 Å². The Morgan fingerprint density at radius 3 is 2.40 bits per heavy atom. The first-order valence-electron chi connectivity index (χ1n) is 14.6. The van der Waals surface area contributed by atoms with E-state index in [2.05, 4.69) is 41.1 Å². The first kappa shape index (κ1) is 30.6. The average Bonchev–Trinajstić information content (AvgIpc) is 3.41. The summed E-state index contributed by atoms with van der Waals surface area (Å²) in [6, 6.07) is 8.76. The van der Waals surface area contributed by atoms with Crippen LogP contribution < -0.4 is 0 Å². The van der Waals surface area contributed by atoms with E-state index in [0.29, 0.717) is 38.6 Å². The summed E-state index contributed by atoms with van der Waals surface area (Å²) < 4.78 is 17.2. The normalized spacial score (nSPS) is 17.8. The predicted octanol–water partition coefficient (Wildman–Crippen LogP) is 4.55. The van der Waals surface area contributed by atoms with Crippen molar-refractivity contribution in [3.05, 3.63) is 51.5 Å². The number of carbonyl (C=O) groups excluding carboxylic acids is 2. The van der Waals surface area contributed by atoms with Crippen molar-refractivity contribution in [2.45, 2.75) is 77.4 Å². The van der Waals surface area contributed by atoms with E-state index < -0.39 is 5.60 Å². The average molecular weight is 572 g/mol. The molecule has 0 N–H and O–H groups in total. The SMILES string of the molecule is CCc1nc(C(=O)N2CCOC3(CCN(CCc4ccc(CCOCCC(=O)OC(C)(C)C)cc4)CC3)C2)cs1. The third-order valence-corrected chi connectivity index (χ3v) is 8.51. The number of benzene rings is 1. The number of likely N-dealkylation sites (tertiary alicyclic amines) is 1. The number of ether oxygens (including phenoxy) is 3. The Morgan fingerprint density at radius 2 is 1.75 bits per heavy atom. The standard InChI is InChI=1S/C31H45N3O5S/c1-5-27-32-26(22-40-27)29(36)34-18-21-38-31(23-34)13-16-33(17-14-31)15-10-24-6-8-25(9-7-24)11-19-37-20-12-28(35)39-30(2,3)4/h6-9,22H,5,10-21,23H2,1-4H3. The number of rotatable bonds is 11. The summed E-state index contributed by atoms with van der Waals surface area (Å²) in [4.78, 5) is 33.7. The van der Waals surface area contributed by atoms with Gasteiger partial charge in [0.2, 0.25) is 0 Å². The summed E-state index contributed by atoms with van der Waals surface area (Å²) in [5.41, 5.74) is 2.45. The Bertz CT molecular complexity index is 1100. The first-order valence-corrected chi connectivity index (χ1v) is 15.5. The van der Waals surface area contributed by atoms with Gasteiger partial charge >= 0.3 is 5.97 Å². The van der Waals surface area contributed by atoms with E-state index >= 15 is 0 Å². The first-order chi connectivity index (χ1) is 19.1. The number of aromatic nitrogens is 1. The summed E-state index contributed by atoms with van der Waals surface area (Å²) in [7, 11) is 0. The van der Waals surface area contributed by atoms with Gasteiger partial charge in [-0.25, -0.2) is 4.98 Å². The summed E-state index contributed by atoms with van der Waals surface area (Å²) in [6.07, 6.45) is 4.86. The molecule has 2 aromatic rings. The highest BCUT2D eigenvalue weighted by Gasteiger charge is 2.41. The van der Waals surface area contributed by atoms with E-state index in [1.807, 2.05) is 31.1 Å². The second kappa shape index (κ2) is 14.0. The monoisotopic (exact) mass is 571 g/mol. The van der Waals surface area contributed by atoms with Crippen molar-refractivity contribution in [1.82, 2.24) is 14.8 Å². The van der Waals surface area contributed by atoms with E-state index in [9.17, 15) is 9.59 Å². The zero-order valence-corrected chi connectivity index (χ0v) is 25.4. The molecule has 0 bridgehead atoms. The molecule has 0 saturated carbocycles. The van der Waals surface area contributed by atoms with Gasteiger partial charge in [0.15, 0.2) is 0 Å². The predicted molar refractivity (Wildman–Crippen MR) is 157 cm³/mol. The molecule has 1 aromatic carbocycles. The maximum Gasteiger partial charge on any atom is 0.308 e. The van der Waals surface area contributed by atoms with Crippen molar-refractivity contribution < 1.29 is 23.8 Å². The Hall–Kier alpha value is -2.33. The molecule has 2 saturated heterocycles. The molecule has 9 heteroatoms. The highest BCUT2D eigenvalue weighted by Crippen LogP contribution is 2.31. The number of nitrogens with zero attached hydrogens (tertiary/aromatic N) is 3. The lowest BCUT2D eigenvalue weighted by atomic mass is 9.89. The largest absolute Gasteiger partial charge is 0.460 e.